The van der Waals surface area contributed by atoms with Crippen LogP contribution in [-0.2, 0) is 17.9 Å². The van der Waals surface area contributed by atoms with Crippen LogP contribution >= 0.6 is 0 Å². The number of methoxy groups -OCH3 is 2. The summed E-state index contributed by atoms with van der Waals surface area (Å²) in [7, 11) is 3.20. The molecule has 3 amide bonds. The topological polar surface area (TPSA) is 59.1 Å². The summed E-state index contributed by atoms with van der Waals surface area (Å²) in [4.78, 5) is 28.2. The van der Waals surface area contributed by atoms with Gasteiger partial charge in [0.05, 0.1) is 27.3 Å². The Kier molecular flexibility index (Phi) is 5.45. The van der Waals surface area contributed by atoms with E-state index in [1.165, 1.54) is 4.90 Å². The standard InChI is InChI=1S/C21H22N2O4/c1-15-12-22(13-16-4-8-18(26-2)9-5-16)21(25)23(20(15)24)14-17-6-10-19(27-3)11-7-17/h4-11H,1,12-14H2,2-3H3. The second kappa shape index (κ2) is 7.95. The molecule has 1 heterocycles. The predicted octanol–water partition coefficient (Wildman–Crippen LogP) is 3.22. The molecule has 2 aromatic carbocycles. The van der Waals surface area contributed by atoms with Crippen molar-refractivity contribution >= 4 is 11.9 Å². The normalized spacial score (nSPS) is 14.5. The van der Waals surface area contributed by atoms with Crippen molar-refractivity contribution in [3.8, 4) is 11.5 Å². The summed E-state index contributed by atoms with van der Waals surface area (Å²) >= 11 is 0. The van der Waals surface area contributed by atoms with E-state index in [9.17, 15) is 9.59 Å². The summed E-state index contributed by atoms with van der Waals surface area (Å²) in [6, 6.07) is 14.5. The number of carbonyl (C=O) groups is 2. The van der Waals surface area contributed by atoms with E-state index in [4.69, 9.17) is 9.47 Å². The number of nitrogens with zero attached hydrogens (tertiary/aromatic N) is 2. The predicted molar refractivity (Wildman–Crippen MR) is 101 cm³/mol. The van der Waals surface area contributed by atoms with Crippen molar-refractivity contribution in [1.29, 1.82) is 0 Å². The van der Waals surface area contributed by atoms with Gasteiger partial charge in [-0.2, -0.15) is 0 Å². The van der Waals surface area contributed by atoms with Gasteiger partial charge in [-0.05, 0) is 35.4 Å². The van der Waals surface area contributed by atoms with Crippen LogP contribution in [0.25, 0.3) is 0 Å². The van der Waals surface area contributed by atoms with E-state index in [1.54, 1.807) is 31.3 Å². The summed E-state index contributed by atoms with van der Waals surface area (Å²) in [5.74, 6) is 1.15. The van der Waals surface area contributed by atoms with Crippen LogP contribution < -0.4 is 9.47 Å². The fourth-order valence-electron chi connectivity index (χ4n) is 2.94. The van der Waals surface area contributed by atoms with Crippen molar-refractivity contribution in [3.05, 3.63) is 71.8 Å². The van der Waals surface area contributed by atoms with E-state index in [1.807, 2.05) is 36.4 Å². The van der Waals surface area contributed by atoms with Gasteiger partial charge in [0.25, 0.3) is 5.91 Å². The maximum Gasteiger partial charge on any atom is 0.327 e. The monoisotopic (exact) mass is 366 g/mol. The Bertz CT molecular complexity index is 843. The highest BCUT2D eigenvalue weighted by Crippen LogP contribution is 2.21. The third-order valence-corrected chi connectivity index (χ3v) is 4.46. The third-order valence-electron chi connectivity index (χ3n) is 4.46. The van der Waals surface area contributed by atoms with Gasteiger partial charge in [0.2, 0.25) is 0 Å². The molecule has 1 saturated heterocycles. The zero-order valence-electron chi connectivity index (χ0n) is 15.5. The zero-order valence-corrected chi connectivity index (χ0v) is 15.5. The molecule has 6 nitrogen and oxygen atoms in total. The first-order valence-corrected chi connectivity index (χ1v) is 8.56. The van der Waals surface area contributed by atoms with Crippen molar-refractivity contribution in [2.24, 2.45) is 0 Å². The van der Waals surface area contributed by atoms with Crippen LogP contribution in [0.2, 0.25) is 0 Å². The third kappa shape index (κ3) is 4.11. The van der Waals surface area contributed by atoms with Crippen LogP contribution in [0.5, 0.6) is 11.5 Å². The van der Waals surface area contributed by atoms with Crippen LogP contribution in [0.1, 0.15) is 11.1 Å². The highest BCUT2D eigenvalue weighted by molar-refractivity contribution is 6.06. The number of imide groups is 1. The molecule has 2 aromatic rings. The number of hydrogen-bond donors (Lipinski definition) is 0. The minimum Gasteiger partial charge on any atom is -0.497 e. The lowest BCUT2D eigenvalue weighted by molar-refractivity contribution is -0.127. The molecular weight excluding hydrogens is 344 g/mol. The molecule has 0 aromatic heterocycles. The Balaban J connectivity index is 1.75. The fraction of sp³-hybridized carbons (Fsp3) is 0.238. The molecule has 0 radical (unpaired) electrons. The van der Waals surface area contributed by atoms with Gasteiger partial charge in [0.15, 0.2) is 0 Å². The van der Waals surface area contributed by atoms with Gasteiger partial charge in [-0.15, -0.1) is 0 Å². The lowest BCUT2D eigenvalue weighted by Crippen LogP contribution is -2.52. The van der Waals surface area contributed by atoms with Crippen LogP contribution in [-0.4, -0.2) is 42.5 Å². The van der Waals surface area contributed by atoms with E-state index in [0.717, 1.165) is 22.6 Å². The SMILES string of the molecule is C=C1CN(Cc2ccc(OC)cc2)C(=O)N(Cc2ccc(OC)cc2)C1=O. The number of ether oxygens (including phenoxy) is 2. The van der Waals surface area contributed by atoms with Crippen molar-refractivity contribution in [2.45, 2.75) is 13.1 Å². The number of carbonyl (C=O) groups excluding carboxylic acids is 2. The Morgan fingerprint density at radius 3 is 1.81 bits per heavy atom. The summed E-state index contributed by atoms with van der Waals surface area (Å²) in [6.45, 7) is 4.66. The number of hydrogen-bond acceptors (Lipinski definition) is 4. The molecule has 6 heteroatoms. The van der Waals surface area contributed by atoms with Crippen LogP contribution in [0.4, 0.5) is 4.79 Å². The molecule has 0 aliphatic carbocycles. The lowest BCUT2D eigenvalue weighted by Gasteiger charge is -2.35. The molecule has 0 spiro atoms. The summed E-state index contributed by atoms with van der Waals surface area (Å²) < 4.78 is 10.3. The molecule has 1 aliphatic rings. The molecule has 0 atom stereocenters. The number of rotatable bonds is 6. The molecule has 0 N–H and O–H groups in total. The van der Waals surface area contributed by atoms with E-state index < -0.39 is 0 Å². The van der Waals surface area contributed by atoms with Gasteiger partial charge >= 0.3 is 6.03 Å². The Morgan fingerprint density at radius 2 is 1.33 bits per heavy atom. The summed E-state index contributed by atoms with van der Waals surface area (Å²) in [5.41, 5.74) is 2.20. The maximum atomic E-state index is 12.9. The molecule has 0 saturated carbocycles. The quantitative estimate of drug-likeness (QED) is 0.737. The average molecular weight is 366 g/mol. The molecule has 0 unspecified atom stereocenters. The van der Waals surface area contributed by atoms with Crippen molar-refractivity contribution < 1.29 is 19.1 Å². The number of amides is 3. The second-order valence-electron chi connectivity index (χ2n) is 6.33. The van der Waals surface area contributed by atoms with Gasteiger partial charge in [-0.25, -0.2) is 4.79 Å². The highest BCUT2D eigenvalue weighted by atomic mass is 16.5. The first-order valence-electron chi connectivity index (χ1n) is 8.56. The van der Waals surface area contributed by atoms with Gasteiger partial charge in [-0.3, -0.25) is 9.69 Å². The molecule has 140 valence electrons. The van der Waals surface area contributed by atoms with Gasteiger partial charge in [0.1, 0.15) is 11.5 Å². The van der Waals surface area contributed by atoms with Gasteiger partial charge in [0, 0.05) is 12.1 Å². The Labute approximate surface area is 158 Å². The molecular formula is C21H22N2O4. The minimum absolute atomic E-state index is 0.194. The molecule has 3 rings (SSSR count). The van der Waals surface area contributed by atoms with Crippen LogP contribution in [0.15, 0.2) is 60.7 Å². The van der Waals surface area contributed by atoms with E-state index >= 15 is 0 Å². The lowest BCUT2D eigenvalue weighted by atomic mass is 10.1. The van der Waals surface area contributed by atoms with E-state index in [-0.39, 0.29) is 25.0 Å². The van der Waals surface area contributed by atoms with E-state index in [0.29, 0.717) is 12.1 Å². The molecule has 0 bridgehead atoms. The van der Waals surface area contributed by atoms with Crippen LogP contribution in [0, 0.1) is 0 Å². The van der Waals surface area contributed by atoms with Crippen molar-refractivity contribution in [1.82, 2.24) is 9.80 Å². The number of urea groups is 1. The molecule has 1 fully saturated rings. The summed E-state index contributed by atoms with van der Waals surface area (Å²) in [5, 5.41) is 0. The van der Waals surface area contributed by atoms with Crippen molar-refractivity contribution in [3.63, 3.8) is 0 Å². The second-order valence-corrected chi connectivity index (χ2v) is 6.33. The first-order chi connectivity index (χ1) is 13.0. The molecule has 1 aliphatic heterocycles. The first kappa shape index (κ1) is 18.5. The summed E-state index contributed by atoms with van der Waals surface area (Å²) in [6.07, 6.45) is 0. The van der Waals surface area contributed by atoms with Crippen molar-refractivity contribution in [2.75, 3.05) is 20.8 Å². The Morgan fingerprint density at radius 1 is 0.852 bits per heavy atom. The van der Waals surface area contributed by atoms with Gasteiger partial charge < -0.3 is 14.4 Å². The van der Waals surface area contributed by atoms with E-state index in [2.05, 4.69) is 6.58 Å². The molecule has 27 heavy (non-hydrogen) atoms. The fourth-order valence-corrected chi connectivity index (χ4v) is 2.94. The minimum atomic E-state index is -0.332. The highest BCUT2D eigenvalue weighted by Gasteiger charge is 2.34. The zero-order chi connectivity index (χ0) is 19.4. The van der Waals surface area contributed by atoms with Crippen LogP contribution in [0.3, 0.4) is 0 Å². The maximum absolute atomic E-state index is 12.9. The van der Waals surface area contributed by atoms with Gasteiger partial charge in [-0.1, -0.05) is 30.8 Å². The largest absolute Gasteiger partial charge is 0.497 e. The number of benzene rings is 2. The smallest absolute Gasteiger partial charge is 0.327 e. The average Bonchev–Trinajstić information content (AvgIpc) is 2.70. The Hall–Kier alpha value is -3.28.